The molecule has 8 nitrogen and oxygen atoms in total. The van der Waals surface area contributed by atoms with Gasteiger partial charge in [-0.25, -0.2) is 15.0 Å². The topological polar surface area (TPSA) is 95.1 Å². The van der Waals surface area contributed by atoms with Crippen LogP contribution in [0.3, 0.4) is 0 Å². The van der Waals surface area contributed by atoms with Crippen molar-refractivity contribution in [2.75, 3.05) is 57.2 Å². The summed E-state index contributed by atoms with van der Waals surface area (Å²) in [6.45, 7) is 2.99. The molecular weight excluding hydrogens is 418 g/mol. The Morgan fingerprint density at radius 2 is 1.90 bits per heavy atom. The van der Waals surface area contributed by atoms with Crippen molar-refractivity contribution in [2.24, 2.45) is 0 Å². The van der Waals surface area contributed by atoms with Crippen molar-refractivity contribution in [1.29, 1.82) is 0 Å². The molecule has 0 radical (unpaired) electrons. The summed E-state index contributed by atoms with van der Waals surface area (Å²) in [7, 11) is 3.97. The number of thiazole rings is 1. The van der Waals surface area contributed by atoms with Crippen molar-refractivity contribution < 1.29 is 4.79 Å². The van der Waals surface area contributed by atoms with E-state index in [4.69, 9.17) is 0 Å². The lowest BCUT2D eigenvalue weighted by atomic mass is 10.2. The van der Waals surface area contributed by atoms with Crippen LogP contribution in [0.2, 0.25) is 0 Å². The minimum atomic E-state index is -0.0551. The van der Waals surface area contributed by atoms with Crippen LogP contribution in [-0.4, -0.2) is 72.3 Å². The SMILES string of the molecule is CSc1cnc(NCCCNc2nc3ccc(C(=O)NCCN(C)C)cc3s2)nc1. The van der Waals surface area contributed by atoms with Gasteiger partial charge in [0.15, 0.2) is 5.13 Å². The molecule has 2 heterocycles. The zero-order chi connectivity index (χ0) is 21.3. The molecule has 30 heavy (non-hydrogen) atoms. The number of carbonyl (C=O) groups excluding carboxylic acids is 1. The largest absolute Gasteiger partial charge is 0.361 e. The number of amides is 1. The molecule has 0 aliphatic carbocycles. The molecule has 3 rings (SSSR count). The lowest BCUT2D eigenvalue weighted by molar-refractivity contribution is 0.0951. The Labute approximate surface area is 184 Å². The number of rotatable bonds is 11. The Balaban J connectivity index is 1.45. The summed E-state index contributed by atoms with van der Waals surface area (Å²) in [5.74, 6) is 0.588. The zero-order valence-electron chi connectivity index (χ0n) is 17.4. The Kier molecular flexibility index (Phi) is 8.23. The first-order chi connectivity index (χ1) is 14.5. The van der Waals surface area contributed by atoms with E-state index < -0.39 is 0 Å². The zero-order valence-corrected chi connectivity index (χ0v) is 19.1. The van der Waals surface area contributed by atoms with E-state index in [1.807, 2.05) is 55.8 Å². The standard InChI is InChI=1S/C20H27N7OS2/c1-27(2)10-9-21-18(28)14-5-6-16-17(11-14)30-20(26-16)23-8-4-7-22-19-24-12-15(29-3)13-25-19/h5-6,11-13H,4,7-10H2,1-3H3,(H,21,28)(H,23,26)(H,22,24,25). The molecule has 0 saturated heterocycles. The number of thioether (sulfide) groups is 1. The Bertz CT molecular complexity index is 959. The van der Waals surface area contributed by atoms with Crippen LogP contribution in [0.15, 0.2) is 35.5 Å². The number of nitrogens with one attached hydrogen (secondary N) is 3. The number of benzene rings is 1. The summed E-state index contributed by atoms with van der Waals surface area (Å²) >= 11 is 3.18. The summed E-state index contributed by atoms with van der Waals surface area (Å²) in [4.78, 5) is 28.5. The van der Waals surface area contributed by atoms with Crippen molar-refractivity contribution in [2.45, 2.75) is 11.3 Å². The molecule has 2 aromatic heterocycles. The monoisotopic (exact) mass is 445 g/mol. The van der Waals surface area contributed by atoms with E-state index in [9.17, 15) is 4.79 Å². The van der Waals surface area contributed by atoms with Crippen LogP contribution in [0.1, 0.15) is 16.8 Å². The predicted octanol–water partition coefficient (Wildman–Crippen LogP) is 3.01. The second-order valence-corrected chi connectivity index (χ2v) is 8.82. The summed E-state index contributed by atoms with van der Waals surface area (Å²) in [5.41, 5.74) is 1.56. The van der Waals surface area contributed by atoms with Crippen molar-refractivity contribution >= 4 is 50.3 Å². The third kappa shape index (κ3) is 6.54. The molecule has 3 aromatic rings. The molecule has 0 saturated carbocycles. The smallest absolute Gasteiger partial charge is 0.251 e. The van der Waals surface area contributed by atoms with E-state index >= 15 is 0 Å². The minimum absolute atomic E-state index is 0.0551. The lowest BCUT2D eigenvalue weighted by Crippen LogP contribution is -2.31. The second kappa shape index (κ2) is 11.1. The van der Waals surface area contributed by atoms with Crippen LogP contribution in [0.4, 0.5) is 11.1 Å². The van der Waals surface area contributed by atoms with E-state index in [-0.39, 0.29) is 5.91 Å². The first-order valence-corrected chi connectivity index (χ1v) is 11.8. The third-order valence-corrected chi connectivity index (χ3v) is 5.93. The average Bonchev–Trinajstić information content (AvgIpc) is 3.15. The number of carbonyl (C=O) groups is 1. The molecule has 0 aliphatic rings. The van der Waals surface area contributed by atoms with Crippen LogP contribution in [-0.2, 0) is 0 Å². The van der Waals surface area contributed by atoms with Crippen LogP contribution >= 0.6 is 23.1 Å². The predicted molar refractivity (Wildman–Crippen MR) is 126 cm³/mol. The van der Waals surface area contributed by atoms with Crippen molar-refractivity contribution in [3.8, 4) is 0 Å². The van der Waals surface area contributed by atoms with Gasteiger partial charge in [0.25, 0.3) is 5.91 Å². The summed E-state index contributed by atoms with van der Waals surface area (Å²) < 4.78 is 0.998. The molecule has 0 spiro atoms. The van der Waals surface area contributed by atoms with E-state index in [1.54, 1.807) is 23.1 Å². The van der Waals surface area contributed by atoms with Gasteiger partial charge >= 0.3 is 0 Å². The number of nitrogens with zero attached hydrogens (tertiary/aromatic N) is 4. The maximum absolute atomic E-state index is 12.3. The molecule has 1 amide bonds. The minimum Gasteiger partial charge on any atom is -0.361 e. The normalized spacial score (nSPS) is 11.1. The van der Waals surface area contributed by atoms with Crippen molar-refractivity contribution in [3.63, 3.8) is 0 Å². The quantitative estimate of drug-likeness (QED) is 0.306. The number of aromatic nitrogens is 3. The van der Waals surface area contributed by atoms with Gasteiger partial charge in [0.05, 0.1) is 10.2 Å². The summed E-state index contributed by atoms with van der Waals surface area (Å²) in [5, 5.41) is 10.4. The van der Waals surface area contributed by atoms with Gasteiger partial charge in [-0.05, 0) is 45.0 Å². The highest BCUT2D eigenvalue weighted by molar-refractivity contribution is 7.98. The Hall–Kier alpha value is -2.43. The van der Waals surface area contributed by atoms with Gasteiger partial charge in [-0.15, -0.1) is 11.8 Å². The van der Waals surface area contributed by atoms with Gasteiger partial charge in [0.2, 0.25) is 5.95 Å². The maximum Gasteiger partial charge on any atom is 0.251 e. The summed E-state index contributed by atoms with van der Waals surface area (Å²) in [6.07, 6.45) is 6.54. The molecule has 0 atom stereocenters. The molecule has 3 N–H and O–H groups in total. The molecule has 0 fully saturated rings. The maximum atomic E-state index is 12.3. The van der Waals surface area contributed by atoms with Crippen molar-refractivity contribution in [3.05, 3.63) is 36.2 Å². The van der Waals surface area contributed by atoms with Gasteiger partial charge in [-0.2, -0.15) is 0 Å². The average molecular weight is 446 g/mol. The van der Waals surface area contributed by atoms with Gasteiger partial charge in [-0.1, -0.05) is 11.3 Å². The van der Waals surface area contributed by atoms with Gasteiger partial charge in [-0.3, -0.25) is 4.79 Å². The third-order valence-electron chi connectivity index (χ3n) is 4.27. The van der Waals surface area contributed by atoms with E-state index in [0.29, 0.717) is 18.1 Å². The Morgan fingerprint density at radius 1 is 1.13 bits per heavy atom. The highest BCUT2D eigenvalue weighted by atomic mass is 32.2. The number of anilines is 2. The number of fused-ring (bicyclic) bond motifs is 1. The molecule has 10 heteroatoms. The molecule has 0 bridgehead atoms. The first-order valence-electron chi connectivity index (χ1n) is 9.72. The fourth-order valence-corrected chi connectivity index (χ4v) is 3.88. The molecule has 0 unspecified atom stereocenters. The summed E-state index contributed by atoms with van der Waals surface area (Å²) in [6, 6.07) is 5.62. The van der Waals surface area contributed by atoms with Crippen molar-refractivity contribution in [1.82, 2.24) is 25.2 Å². The highest BCUT2D eigenvalue weighted by Crippen LogP contribution is 2.26. The van der Waals surface area contributed by atoms with Crippen LogP contribution in [0.5, 0.6) is 0 Å². The molecule has 0 aliphatic heterocycles. The molecule has 1 aromatic carbocycles. The fraction of sp³-hybridized carbons (Fsp3) is 0.400. The van der Waals surface area contributed by atoms with Crippen LogP contribution in [0.25, 0.3) is 10.2 Å². The first kappa shape index (κ1) is 22.3. The van der Waals surface area contributed by atoms with E-state index in [0.717, 1.165) is 46.3 Å². The van der Waals surface area contributed by atoms with Gasteiger partial charge in [0.1, 0.15) is 0 Å². The number of hydrogen-bond donors (Lipinski definition) is 3. The van der Waals surface area contributed by atoms with Crippen LogP contribution in [0, 0.1) is 0 Å². The highest BCUT2D eigenvalue weighted by Gasteiger charge is 2.09. The second-order valence-electron chi connectivity index (χ2n) is 6.91. The van der Waals surface area contributed by atoms with Crippen LogP contribution < -0.4 is 16.0 Å². The molecular formula is C20H27N7OS2. The van der Waals surface area contributed by atoms with Gasteiger partial charge < -0.3 is 20.9 Å². The lowest BCUT2D eigenvalue weighted by Gasteiger charge is -2.10. The van der Waals surface area contributed by atoms with Gasteiger partial charge in [0, 0.05) is 49.0 Å². The van der Waals surface area contributed by atoms with E-state index in [2.05, 4.69) is 30.9 Å². The number of likely N-dealkylation sites (N-methyl/N-ethyl adjacent to an activating group) is 1. The Morgan fingerprint density at radius 3 is 2.63 bits per heavy atom. The number of hydrogen-bond acceptors (Lipinski definition) is 9. The fourth-order valence-electron chi connectivity index (χ4n) is 2.63. The van der Waals surface area contributed by atoms with E-state index in [1.165, 1.54) is 0 Å². The molecule has 160 valence electrons.